The molecular formula is C18H19NO3S. The zero-order valence-corrected chi connectivity index (χ0v) is 13.9. The molecule has 120 valence electrons. The minimum absolute atomic E-state index is 0.0431. The number of aromatic hydroxyl groups is 1. The molecule has 0 saturated heterocycles. The van der Waals surface area contributed by atoms with Crippen LogP contribution in [0.3, 0.4) is 0 Å². The summed E-state index contributed by atoms with van der Waals surface area (Å²) in [4.78, 5) is 0.226. The predicted octanol–water partition coefficient (Wildman–Crippen LogP) is 3.72. The number of anilines is 1. The zero-order chi connectivity index (χ0) is 16.6. The highest BCUT2D eigenvalue weighted by atomic mass is 32.2. The van der Waals surface area contributed by atoms with Crippen LogP contribution < -0.4 is 4.72 Å². The van der Waals surface area contributed by atoms with Gasteiger partial charge < -0.3 is 5.11 Å². The second-order valence-corrected chi connectivity index (χ2v) is 7.55. The van der Waals surface area contributed by atoms with Crippen LogP contribution in [0.4, 0.5) is 5.69 Å². The lowest BCUT2D eigenvalue weighted by Gasteiger charge is -2.23. The predicted molar refractivity (Wildman–Crippen MR) is 91.4 cm³/mol. The van der Waals surface area contributed by atoms with Gasteiger partial charge in [-0.2, -0.15) is 0 Å². The van der Waals surface area contributed by atoms with Crippen LogP contribution in [0.15, 0.2) is 53.4 Å². The second-order valence-electron chi connectivity index (χ2n) is 5.86. The Morgan fingerprint density at radius 1 is 1.13 bits per heavy atom. The molecule has 2 N–H and O–H groups in total. The van der Waals surface area contributed by atoms with Crippen LogP contribution in [-0.4, -0.2) is 13.5 Å². The Morgan fingerprint density at radius 3 is 2.52 bits per heavy atom. The number of fused-ring (bicyclic) bond motifs is 1. The fourth-order valence-corrected chi connectivity index (χ4v) is 3.96. The van der Waals surface area contributed by atoms with Crippen molar-refractivity contribution in [3.8, 4) is 5.75 Å². The smallest absolute Gasteiger partial charge is 0.261 e. The average Bonchev–Trinajstić information content (AvgIpc) is 2.51. The van der Waals surface area contributed by atoms with E-state index in [-0.39, 0.29) is 16.6 Å². The molecule has 3 rings (SSSR count). The molecule has 0 amide bonds. The van der Waals surface area contributed by atoms with Crippen molar-refractivity contribution in [3.63, 3.8) is 0 Å². The highest BCUT2D eigenvalue weighted by Crippen LogP contribution is 2.38. The number of aryl methyl sites for hydroxylation is 1. The van der Waals surface area contributed by atoms with Crippen molar-refractivity contribution in [2.45, 2.75) is 31.1 Å². The molecule has 0 bridgehead atoms. The van der Waals surface area contributed by atoms with Gasteiger partial charge in [0.25, 0.3) is 10.0 Å². The first kappa shape index (κ1) is 15.6. The van der Waals surface area contributed by atoms with E-state index >= 15 is 0 Å². The van der Waals surface area contributed by atoms with Crippen molar-refractivity contribution < 1.29 is 13.5 Å². The summed E-state index contributed by atoms with van der Waals surface area (Å²) in [5.74, 6) is 0.246. The Kier molecular flexibility index (Phi) is 3.90. The molecule has 0 spiro atoms. The van der Waals surface area contributed by atoms with Crippen LogP contribution in [-0.2, 0) is 16.4 Å². The van der Waals surface area contributed by atoms with Gasteiger partial charge in [0, 0.05) is 11.5 Å². The number of sulfonamides is 1. The van der Waals surface area contributed by atoms with Crippen LogP contribution >= 0.6 is 0 Å². The van der Waals surface area contributed by atoms with E-state index in [1.807, 2.05) is 26.0 Å². The molecule has 0 saturated carbocycles. The van der Waals surface area contributed by atoms with Crippen LogP contribution in [0, 0.1) is 6.92 Å². The number of hydrogen-bond donors (Lipinski definition) is 2. The van der Waals surface area contributed by atoms with E-state index in [0.29, 0.717) is 12.1 Å². The van der Waals surface area contributed by atoms with Crippen molar-refractivity contribution in [1.82, 2.24) is 0 Å². The molecule has 2 aromatic rings. The van der Waals surface area contributed by atoms with Crippen molar-refractivity contribution in [1.29, 1.82) is 0 Å². The molecule has 0 fully saturated rings. The monoisotopic (exact) mass is 329 g/mol. The maximum Gasteiger partial charge on any atom is 0.261 e. The standard InChI is InChI=1S/C18H19NO3S/c1-12-6-8-14(9-7-12)23(21,22)19-16-10-11-17(20)15-5-3-4-13(2)18(15)16/h3-4,6-11,13,19-20H,5H2,1-2H3. The van der Waals surface area contributed by atoms with Gasteiger partial charge in [0.15, 0.2) is 0 Å². The van der Waals surface area contributed by atoms with Crippen molar-refractivity contribution in [2.75, 3.05) is 4.72 Å². The highest BCUT2D eigenvalue weighted by Gasteiger charge is 2.23. The van der Waals surface area contributed by atoms with Gasteiger partial charge in [-0.15, -0.1) is 0 Å². The Bertz CT molecular complexity index is 868. The first-order chi connectivity index (χ1) is 10.9. The summed E-state index contributed by atoms with van der Waals surface area (Å²) in [5.41, 5.74) is 3.15. The number of phenolic OH excluding ortho intramolecular Hbond substituents is 1. The van der Waals surface area contributed by atoms with E-state index in [0.717, 1.165) is 16.7 Å². The Morgan fingerprint density at radius 2 is 1.83 bits per heavy atom. The van der Waals surface area contributed by atoms with Gasteiger partial charge in [-0.3, -0.25) is 4.72 Å². The molecular weight excluding hydrogens is 310 g/mol. The van der Waals surface area contributed by atoms with Gasteiger partial charge >= 0.3 is 0 Å². The summed E-state index contributed by atoms with van der Waals surface area (Å²) in [5, 5.41) is 10.0. The number of phenols is 1. The van der Waals surface area contributed by atoms with Gasteiger partial charge in [-0.25, -0.2) is 8.42 Å². The van der Waals surface area contributed by atoms with E-state index in [9.17, 15) is 13.5 Å². The quantitative estimate of drug-likeness (QED) is 0.666. The summed E-state index contributed by atoms with van der Waals surface area (Å²) in [6.07, 6.45) is 4.61. The van der Waals surface area contributed by atoms with Gasteiger partial charge in [-0.05, 0) is 43.2 Å². The highest BCUT2D eigenvalue weighted by molar-refractivity contribution is 7.92. The molecule has 1 aliphatic carbocycles. The third-order valence-electron chi connectivity index (χ3n) is 4.11. The van der Waals surface area contributed by atoms with Gasteiger partial charge in [0.05, 0.1) is 10.6 Å². The van der Waals surface area contributed by atoms with Gasteiger partial charge in [0.1, 0.15) is 5.75 Å². The fourth-order valence-electron chi connectivity index (χ4n) is 2.88. The van der Waals surface area contributed by atoms with Gasteiger partial charge in [-0.1, -0.05) is 36.8 Å². The molecule has 2 aromatic carbocycles. The first-order valence-electron chi connectivity index (χ1n) is 7.49. The third kappa shape index (κ3) is 2.97. The summed E-state index contributed by atoms with van der Waals surface area (Å²) < 4.78 is 27.9. The van der Waals surface area contributed by atoms with Crippen LogP contribution in [0.2, 0.25) is 0 Å². The SMILES string of the molecule is Cc1ccc(S(=O)(=O)Nc2ccc(O)c3c2C(C)C=CC3)cc1. The zero-order valence-electron chi connectivity index (χ0n) is 13.1. The summed E-state index contributed by atoms with van der Waals surface area (Å²) in [6.45, 7) is 3.89. The minimum Gasteiger partial charge on any atom is -0.508 e. The van der Waals surface area contributed by atoms with E-state index < -0.39 is 10.0 Å². The number of rotatable bonds is 3. The lowest BCUT2D eigenvalue weighted by Crippen LogP contribution is -2.16. The normalized spacial score (nSPS) is 16.9. The molecule has 0 aromatic heterocycles. The number of hydrogen-bond acceptors (Lipinski definition) is 3. The number of nitrogens with one attached hydrogen (secondary N) is 1. The Labute approximate surface area is 136 Å². The van der Waals surface area contributed by atoms with Crippen molar-refractivity contribution in [2.24, 2.45) is 0 Å². The molecule has 0 heterocycles. The van der Waals surface area contributed by atoms with Crippen LogP contribution in [0.25, 0.3) is 0 Å². The van der Waals surface area contributed by atoms with E-state index in [4.69, 9.17) is 0 Å². The lowest BCUT2D eigenvalue weighted by molar-refractivity contribution is 0.468. The topological polar surface area (TPSA) is 66.4 Å². The Balaban J connectivity index is 2.03. The molecule has 5 heteroatoms. The first-order valence-corrected chi connectivity index (χ1v) is 8.97. The van der Waals surface area contributed by atoms with E-state index in [2.05, 4.69) is 4.72 Å². The molecule has 4 nitrogen and oxygen atoms in total. The molecule has 1 atom stereocenters. The van der Waals surface area contributed by atoms with Crippen molar-refractivity contribution in [3.05, 3.63) is 65.2 Å². The average molecular weight is 329 g/mol. The summed E-state index contributed by atoms with van der Waals surface area (Å²) in [6, 6.07) is 9.88. The molecule has 1 aliphatic rings. The molecule has 0 radical (unpaired) electrons. The Hall–Kier alpha value is -2.27. The van der Waals surface area contributed by atoms with Crippen LogP contribution in [0.1, 0.15) is 29.5 Å². The number of benzene rings is 2. The molecule has 0 aliphatic heterocycles. The molecule has 23 heavy (non-hydrogen) atoms. The maximum absolute atomic E-state index is 12.6. The van der Waals surface area contributed by atoms with Gasteiger partial charge in [0.2, 0.25) is 0 Å². The van der Waals surface area contributed by atoms with E-state index in [1.165, 1.54) is 6.07 Å². The largest absolute Gasteiger partial charge is 0.508 e. The van der Waals surface area contributed by atoms with Crippen LogP contribution in [0.5, 0.6) is 5.75 Å². The fraction of sp³-hybridized carbons (Fsp3) is 0.222. The second kappa shape index (κ2) is 5.74. The minimum atomic E-state index is -3.66. The van der Waals surface area contributed by atoms with E-state index in [1.54, 1.807) is 30.3 Å². The maximum atomic E-state index is 12.6. The lowest BCUT2D eigenvalue weighted by atomic mass is 9.87. The molecule has 1 unspecified atom stereocenters. The van der Waals surface area contributed by atoms with Crippen molar-refractivity contribution >= 4 is 15.7 Å². The summed E-state index contributed by atoms with van der Waals surface area (Å²) >= 11 is 0. The third-order valence-corrected chi connectivity index (χ3v) is 5.49. The number of allylic oxidation sites excluding steroid dienone is 2. The summed E-state index contributed by atoms with van der Waals surface area (Å²) in [7, 11) is -3.66.